The number of hydrogen-bond donors (Lipinski definition) is 2. The summed E-state index contributed by atoms with van der Waals surface area (Å²) in [4.78, 5) is 1.89. The number of nitrogens with one attached hydrogen (secondary N) is 1. The smallest absolute Gasteiger partial charge is 0.311 e. The van der Waals surface area contributed by atoms with E-state index in [-0.39, 0.29) is 9.92 Å². The summed E-state index contributed by atoms with van der Waals surface area (Å²) in [6.45, 7) is 8.40. The van der Waals surface area contributed by atoms with Crippen molar-refractivity contribution in [2.45, 2.75) is 31.4 Å². The largest absolute Gasteiger partial charge is 0.349 e. The predicted molar refractivity (Wildman–Crippen MR) is 103 cm³/mol. The molecule has 140 valence electrons. The standard InChI is InChI=1S/C16H25ClN3O3S2/c1-5-19(6-2)15-20(7-3)16(21,11-24-15)12-8-9-13(17)14(10-12)25(22,23)18-4/h8-10,18,21H,5-7,11H2,1-4H3/q+1. The molecule has 1 aliphatic rings. The van der Waals surface area contributed by atoms with Crippen molar-refractivity contribution in [3.63, 3.8) is 0 Å². The highest BCUT2D eigenvalue weighted by Crippen LogP contribution is 2.40. The first-order chi connectivity index (χ1) is 11.7. The van der Waals surface area contributed by atoms with Crippen molar-refractivity contribution >= 4 is 38.6 Å². The number of benzene rings is 1. The topological polar surface area (TPSA) is 72.6 Å². The maximum Gasteiger partial charge on any atom is 0.311 e. The average molecular weight is 407 g/mol. The first kappa shape index (κ1) is 20.5. The summed E-state index contributed by atoms with van der Waals surface area (Å²) in [6, 6.07) is 4.67. The van der Waals surface area contributed by atoms with Gasteiger partial charge in [0.25, 0.3) is 0 Å². The Morgan fingerprint density at radius 2 is 2.00 bits per heavy atom. The second-order valence-corrected chi connectivity index (χ2v) is 8.86. The summed E-state index contributed by atoms with van der Waals surface area (Å²) >= 11 is 7.65. The summed E-state index contributed by atoms with van der Waals surface area (Å²) < 4.78 is 28.9. The molecule has 1 aromatic rings. The normalized spacial score (nSPS) is 21.0. The molecule has 1 aromatic carbocycles. The van der Waals surface area contributed by atoms with Gasteiger partial charge in [-0.2, -0.15) is 0 Å². The third-order valence-corrected chi connectivity index (χ3v) is 7.56. The van der Waals surface area contributed by atoms with Gasteiger partial charge in [-0.3, -0.25) is 4.58 Å². The number of thioether (sulfide) groups is 1. The molecule has 1 atom stereocenters. The molecule has 0 radical (unpaired) electrons. The minimum Gasteiger partial charge on any atom is -0.349 e. The Morgan fingerprint density at radius 3 is 2.52 bits per heavy atom. The number of aliphatic hydroxyl groups is 1. The molecule has 1 heterocycles. The minimum absolute atomic E-state index is 0.0278. The Morgan fingerprint density at radius 1 is 1.36 bits per heavy atom. The molecule has 1 unspecified atom stereocenters. The van der Waals surface area contributed by atoms with E-state index < -0.39 is 15.7 Å². The summed E-state index contributed by atoms with van der Waals surface area (Å²) in [5.41, 5.74) is -0.762. The van der Waals surface area contributed by atoms with Crippen molar-refractivity contribution in [1.29, 1.82) is 0 Å². The Bertz CT molecular complexity index is 777. The first-order valence-electron chi connectivity index (χ1n) is 8.23. The van der Waals surface area contributed by atoms with Crippen LogP contribution in [0.25, 0.3) is 0 Å². The van der Waals surface area contributed by atoms with Crippen LogP contribution in [0.5, 0.6) is 0 Å². The van der Waals surface area contributed by atoms with Crippen LogP contribution in [-0.2, 0) is 15.7 Å². The van der Waals surface area contributed by atoms with E-state index in [0.717, 1.165) is 18.3 Å². The highest BCUT2D eigenvalue weighted by Gasteiger charge is 2.51. The van der Waals surface area contributed by atoms with Crippen molar-refractivity contribution in [2.75, 3.05) is 32.4 Å². The zero-order valence-electron chi connectivity index (χ0n) is 14.9. The molecular weight excluding hydrogens is 382 g/mol. The molecule has 1 saturated heterocycles. The quantitative estimate of drug-likeness (QED) is 0.705. The van der Waals surface area contributed by atoms with Crippen molar-refractivity contribution in [3.8, 4) is 0 Å². The number of rotatable bonds is 6. The summed E-state index contributed by atoms with van der Waals surface area (Å²) in [5.74, 6) is 0.424. The third-order valence-electron chi connectivity index (χ3n) is 4.38. The highest BCUT2D eigenvalue weighted by molar-refractivity contribution is 8.13. The van der Waals surface area contributed by atoms with Gasteiger partial charge in [0.2, 0.25) is 15.7 Å². The fourth-order valence-corrected chi connectivity index (χ4v) is 5.72. The van der Waals surface area contributed by atoms with E-state index in [0.29, 0.717) is 17.9 Å². The van der Waals surface area contributed by atoms with Crippen LogP contribution >= 0.6 is 23.4 Å². The molecule has 0 bridgehead atoms. The van der Waals surface area contributed by atoms with Gasteiger partial charge in [-0.25, -0.2) is 18.0 Å². The van der Waals surface area contributed by atoms with Crippen LogP contribution in [0.2, 0.25) is 5.02 Å². The first-order valence-corrected chi connectivity index (χ1v) is 11.1. The molecular formula is C16H25ClN3O3S2+. The Kier molecular flexibility index (Phi) is 6.43. The molecule has 25 heavy (non-hydrogen) atoms. The lowest BCUT2D eigenvalue weighted by Gasteiger charge is -2.28. The fraction of sp³-hybridized carbons (Fsp3) is 0.562. The predicted octanol–water partition coefficient (Wildman–Crippen LogP) is 1.87. The maximum atomic E-state index is 12.2. The van der Waals surface area contributed by atoms with E-state index in [1.165, 1.54) is 19.2 Å². The SMILES string of the molecule is CCN1C(=[N+](CC)CC)SCC1(O)c1ccc(Cl)c(S(=O)(=O)NC)c1. The van der Waals surface area contributed by atoms with Crippen LogP contribution < -0.4 is 4.72 Å². The second-order valence-electron chi connectivity index (χ2n) is 5.66. The zero-order chi connectivity index (χ0) is 18.8. The van der Waals surface area contributed by atoms with Crippen LogP contribution in [0, 0.1) is 0 Å². The van der Waals surface area contributed by atoms with Gasteiger partial charge in [-0.1, -0.05) is 17.7 Å². The summed E-state index contributed by atoms with van der Waals surface area (Å²) in [5, 5.41) is 12.5. The van der Waals surface area contributed by atoms with Gasteiger partial charge < -0.3 is 5.11 Å². The molecule has 2 rings (SSSR count). The van der Waals surface area contributed by atoms with E-state index in [4.69, 9.17) is 11.6 Å². The van der Waals surface area contributed by atoms with Crippen molar-refractivity contribution < 1.29 is 18.1 Å². The lowest BCUT2D eigenvalue weighted by Crippen LogP contribution is -2.47. The lowest BCUT2D eigenvalue weighted by molar-refractivity contribution is -0.523. The Labute approximate surface area is 158 Å². The molecule has 9 heteroatoms. The maximum absolute atomic E-state index is 12.2. The molecule has 2 N–H and O–H groups in total. The second kappa shape index (κ2) is 7.84. The van der Waals surface area contributed by atoms with Gasteiger partial charge >= 0.3 is 5.17 Å². The Hall–Kier alpha value is -0.800. The van der Waals surface area contributed by atoms with E-state index >= 15 is 0 Å². The molecule has 1 aliphatic heterocycles. The third kappa shape index (κ3) is 3.68. The number of sulfonamides is 1. The average Bonchev–Trinajstić information content (AvgIpc) is 2.94. The van der Waals surface area contributed by atoms with Crippen molar-refractivity contribution in [1.82, 2.24) is 9.62 Å². The lowest BCUT2D eigenvalue weighted by atomic mass is 10.0. The van der Waals surface area contributed by atoms with Crippen LogP contribution in [0.4, 0.5) is 0 Å². The molecule has 0 saturated carbocycles. The highest BCUT2D eigenvalue weighted by atomic mass is 35.5. The monoisotopic (exact) mass is 406 g/mol. The van der Waals surface area contributed by atoms with Gasteiger partial charge in [-0.05, 0) is 51.7 Å². The number of halogens is 1. The molecule has 0 amide bonds. The summed E-state index contributed by atoms with van der Waals surface area (Å²) in [6.07, 6.45) is 0. The van der Waals surface area contributed by atoms with Gasteiger partial charge in [0.15, 0.2) is 0 Å². The van der Waals surface area contributed by atoms with Crippen molar-refractivity contribution in [3.05, 3.63) is 28.8 Å². The van der Waals surface area contributed by atoms with Crippen molar-refractivity contribution in [2.24, 2.45) is 0 Å². The van der Waals surface area contributed by atoms with Crippen LogP contribution in [0.15, 0.2) is 23.1 Å². The Balaban J connectivity index is 2.58. The van der Waals surface area contributed by atoms with Crippen LogP contribution in [0.3, 0.4) is 0 Å². The number of hydrogen-bond acceptors (Lipinski definition) is 4. The van der Waals surface area contributed by atoms with Crippen LogP contribution in [0.1, 0.15) is 26.3 Å². The number of amidine groups is 1. The van der Waals surface area contributed by atoms with E-state index in [1.807, 2.05) is 11.8 Å². The summed E-state index contributed by atoms with van der Waals surface area (Å²) in [7, 11) is -2.37. The van der Waals surface area contributed by atoms with E-state index in [2.05, 4.69) is 23.1 Å². The minimum atomic E-state index is -3.71. The van der Waals surface area contributed by atoms with E-state index in [1.54, 1.807) is 17.8 Å². The number of nitrogens with zero attached hydrogens (tertiary/aromatic N) is 2. The van der Waals surface area contributed by atoms with E-state index in [9.17, 15) is 13.5 Å². The van der Waals surface area contributed by atoms with Crippen LogP contribution in [-0.4, -0.2) is 60.6 Å². The van der Waals surface area contributed by atoms with Gasteiger partial charge in [-0.15, -0.1) is 0 Å². The molecule has 0 spiro atoms. The molecule has 0 aliphatic carbocycles. The van der Waals surface area contributed by atoms with Gasteiger partial charge in [0.1, 0.15) is 4.90 Å². The molecule has 0 aromatic heterocycles. The molecule has 6 nitrogen and oxygen atoms in total. The zero-order valence-corrected chi connectivity index (χ0v) is 17.3. The van der Waals surface area contributed by atoms with Gasteiger partial charge in [0, 0.05) is 5.56 Å². The molecule has 1 fully saturated rings. The fourth-order valence-electron chi connectivity index (χ4n) is 2.94. The van der Waals surface area contributed by atoms with Gasteiger partial charge in [0.05, 0.1) is 30.4 Å².